The highest BCUT2D eigenvalue weighted by molar-refractivity contribution is 6.12. The number of nitrogens with zero attached hydrogens (tertiary/aromatic N) is 2. The van der Waals surface area contributed by atoms with E-state index in [2.05, 4.69) is 34.4 Å². The van der Waals surface area contributed by atoms with E-state index in [1.165, 1.54) is 12.1 Å². The van der Waals surface area contributed by atoms with Gasteiger partial charge in [-0.1, -0.05) is 19.9 Å². The molecule has 2 N–H and O–H groups in total. The molecule has 0 aromatic heterocycles. The average Bonchev–Trinajstić information content (AvgIpc) is 2.99. The Bertz CT molecular complexity index is 877. The van der Waals surface area contributed by atoms with Crippen LogP contribution in [0.3, 0.4) is 0 Å². The molecule has 0 radical (unpaired) electrons. The van der Waals surface area contributed by atoms with Crippen molar-refractivity contribution in [3.05, 3.63) is 53.3 Å². The summed E-state index contributed by atoms with van der Waals surface area (Å²) in [5.74, 6) is -1.05. The number of hydrogen-bond donors (Lipinski definition) is 2. The van der Waals surface area contributed by atoms with E-state index in [1.807, 2.05) is 25.1 Å². The number of anilines is 2. The van der Waals surface area contributed by atoms with Gasteiger partial charge in [0.05, 0.1) is 5.69 Å². The zero-order valence-electron chi connectivity index (χ0n) is 16.6. The normalized spacial score (nSPS) is 15.9. The van der Waals surface area contributed by atoms with E-state index in [-0.39, 0.29) is 11.7 Å². The second kappa shape index (κ2) is 8.97. The molecule has 3 rings (SSSR count). The molecule has 2 aromatic rings. The van der Waals surface area contributed by atoms with Crippen LogP contribution in [0, 0.1) is 12.7 Å². The fraction of sp³-hybridized carbons (Fsp3) is 0.364. The van der Waals surface area contributed by atoms with Crippen LogP contribution in [0.5, 0.6) is 0 Å². The number of carbonyl (C=O) groups is 1. The van der Waals surface area contributed by atoms with Crippen LogP contribution in [-0.2, 0) is 4.79 Å². The van der Waals surface area contributed by atoms with E-state index in [0.717, 1.165) is 48.7 Å². The number of rotatable bonds is 8. The highest BCUT2D eigenvalue weighted by atomic mass is 19.1. The summed E-state index contributed by atoms with van der Waals surface area (Å²) in [4.78, 5) is 19.0. The number of likely N-dealkylation sites (N-methyl/N-ethyl adjacent to an activating group) is 1. The van der Waals surface area contributed by atoms with Gasteiger partial charge in [0.25, 0.3) is 0 Å². The molecule has 1 heterocycles. The first-order valence-corrected chi connectivity index (χ1v) is 9.73. The zero-order valence-corrected chi connectivity index (χ0v) is 16.6. The zero-order chi connectivity index (χ0) is 20.1. The Kier molecular flexibility index (Phi) is 6.41. The van der Waals surface area contributed by atoms with Crippen LogP contribution < -0.4 is 10.6 Å². The molecule has 1 aliphatic heterocycles. The summed E-state index contributed by atoms with van der Waals surface area (Å²) in [6.45, 7) is 10.4. The summed E-state index contributed by atoms with van der Waals surface area (Å²) in [5, 5.41) is 6.17. The SMILES string of the molecule is CCN(CC)CCNc1ccc(N=CC2C(=O)Nc3cc(F)ccc32)cc1C. The summed E-state index contributed by atoms with van der Waals surface area (Å²) >= 11 is 0. The lowest BCUT2D eigenvalue weighted by molar-refractivity contribution is -0.115. The molecule has 28 heavy (non-hydrogen) atoms. The van der Waals surface area contributed by atoms with Gasteiger partial charge in [0.1, 0.15) is 11.7 Å². The lowest BCUT2D eigenvalue weighted by Gasteiger charge is -2.19. The molecule has 2 aromatic carbocycles. The van der Waals surface area contributed by atoms with Gasteiger partial charge < -0.3 is 15.5 Å². The van der Waals surface area contributed by atoms with E-state index < -0.39 is 5.92 Å². The van der Waals surface area contributed by atoms with Gasteiger partial charge in [-0.3, -0.25) is 9.79 Å². The molecule has 0 saturated heterocycles. The Balaban J connectivity index is 1.65. The van der Waals surface area contributed by atoms with Gasteiger partial charge >= 0.3 is 0 Å². The maximum atomic E-state index is 13.3. The van der Waals surface area contributed by atoms with E-state index in [9.17, 15) is 9.18 Å². The first-order valence-electron chi connectivity index (χ1n) is 9.73. The Morgan fingerprint density at radius 3 is 2.71 bits per heavy atom. The van der Waals surface area contributed by atoms with Crippen LogP contribution >= 0.6 is 0 Å². The fourth-order valence-electron chi connectivity index (χ4n) is 3.38. The molecule has 1 unspecified atom stereocenters. The van der Waals surface area contributed by atoms with Gasteiger partial charge in [0.15, 0.2) is 0 Å². The second-order valence-corrected chi connectivity index (χ2v) is 6.93. The van der Waals surface area contributed by atoms with Gasteiger partial charge in [0.2, 0.25) is 5.91 Å². The van der Waals surface area contributed by atoms with Crippen LogP contribution in [0.4, 0.5) is 21.5 Å². The number of halogens is 1. The van der Waals surface area contributed by atoms with Crippen molar-refractivity contribution in [2.75, 3.05) is 36.8 Å². The van der Waals surface area contributed by atoms with Crippen molar-refractivity contribution in [3.8, 4) is 0 Å². The van der Waals surface area contributed by atoms with Crippen LogP contribution in [0.15, 0.2) is 41.4 Å². The molecule has 0 bridgehead atoms. The van der Waals surface area contributed by atoms with Crippen molar-refractivity contribution >= 4 is 29.2 Å². The summed E-state index contributed by atoms with van der Waals surface area (Å²) in [6.07, 6.45) is 1.63. The molecule has 1 atom stereocenters. The quantitative estimate of drug-likeness (QED) is 0.668. The van der Waals surface area contributed by atoms with E-state index in [0.29, 0.717) is 5.69 Å². The number of fused-ring (bicyclic) bond motifs is 1. The monoisotopic (exact) mass is 382 g/mol. The number of nitrogens with one attached hydrogen (secondary N) is 2. The Hall–Kier alpha value is -2.73. The summed E-state index contributed by atoms with van der Waals surface area (Å²) in [7, 11) is 0. The van der Waals surface area contributed by atoms with Gasteiger partial charge in [-0.2, -0.15) is 0 Å². The lowest BCUT2D eigenvalue weighted by atomic mass is 10.0. The summed E-state index contributed by atoms with van der Waals surface area (Å²) in [6, 6.07) is 10.3. The third-order valence-corrected chi connectivity index (χ3v) is 5.11. The molecule has 5 nitrogen and oxygen atoms in total. The number of hydrogen-bond acceptors (Lipinski definition) is 4. The van der Waals surface area contributed by atoms with Gasteiger partial charge in [0, 0.05) is 30.7 Å². The number of aryl methyl sites for hydroxylation is 1. The molecule has 0 fully saturated rings. The highest BCUT2D eigenvalue weighted by Crippen LogP contribution is 2.32. The van der Waals surface area contributed by atoms with Gasteiger partial charge in [-0.25, -0.2) is 4.39 Å². The van der Waals surface area contributed by atoms with Crippen LogP contribution in [-0.4, -0.2) is 43.2 Å². The number of benzene rings is 2. The molecule has 1 aliphatic rings. The molecule has 0 aliphatic carbocycles. The molecule has 0 saturated carbocycles. The minimum atomic E-state index is -0.497. The first kappa shape index (κ1) is 20.0. The molecule has 148 valence electrons. The minimum Gasteiger partial charge on any atom is -0.384 e. The van der Waals surface area contributed by atoms with E-state index >= 15 is 0 Å². The minimum absolute atomic E-state index is 0.184. The van der Waals surface area contributed by atoms with Crippen molar-refractivity contribution in [2.24, 2.45) is 4.99 Å². The average molecular weight is 382 g/mol. The largest absolute Gasteiger partial charge is 0.384 e. The van der Waals surface area contributed by atoms with Crippen molar-refractivity contribution in [3.63, 3.8) is 0 Å². The second-order valence-electron chi connectivity index (χ2n) is 6.93. The van der Waals surface area contributed by atoms with Crippen molar-refractivity contribution in [2.45, 2.75) is 26.7 Å². The van der Waals surface area contributed by atoms with Crippen LogP contribution in [0.25, 0.3) is 0 Å². The van der Waals surface area contributed by atoms with Crippen molar-refractivity contribution in [1.29, 1.82) is 0 Å². The number of aliphatic imine (C=N–C) groups is 1. The molecular weight excluding hydrogens is 355 g/mol. The van der Waals surface area contributed by atoms with Crippen LogP contribution in [0.1, 0.15) is 30.9 Å². The maximum Gasteiger partial charge on any atom is 0.237 e. The molecular formula is C22H27FN4O. The molecule has 1 amide bonds. The van der Waals surface area contributed by atoms with Crippen molar-refractivity contribution < 1.29 is 9.18 Å². The maximum absolute atomic E-state index is 13.3. The summed E-state index contributed by atoms with van der Waals surface area (Å²) < 4.78 is 13.3. The van der Waals surface area contributed by atoms with E-state index in [1.54, 1.807) is 12.3 Å². The third-order valence-electron chi connectivity index (χ3n) is 5.11. The van der Waals surface area contributed by atoms with Crippen LogP contribution in [0.2, 0.25) is 0 Å². The Morgan fingerprint density at radius 1 is 1.21 bits per heavy atom. The van der Waals surface area contributed by atoms with E-state index in [4.69, 9.17) is 0 Å². The third kappa shape index (κ3) is 4.57. The Morgan fingerprint density at radius 2 is 2.00 bits per heavy atom. The summed E-state index contributed by atoms with van der Waals surface area (Å²) in [5.41, 5.74) is 4.25. The predicted molar refractivity (Wildman–Crippen MR) is 113 cm³/mol. The smallest absolute Gasteiger partial charge is 0.237 e. The lowest BCUT2D eigenvalue weighted by Crippen LogP contribution is -2.28. The first-order chi connectivity index (χ1) is 13.5. The number of carbonyl (C=O) groups excluding carboxylic acids is 1. The highest BCUT2D eigenvalue weighted by Gasteiger charge is 2.29. The number of amides is 1. The standard InChI is InChI=1S/C22H27FN4O/c1-4-27(5-2)11-10-24-20-9-7-17(12-15(20)3)25-14-19-18-8-6-16(23)13-21(18)26-22(19)28/h6-9,12-14,19,24H,4-5,10-11H2,1-3H3,(H,26,28). The predicted octanol–water partition coefficient (Wildman–Crippen LogP) is 4.33. The van der Waals surface area contributed by atoms with Crippen molar-refractivity contribution in [1.82, 2.24) is 4.90 Å². The Labute approximate surface area is 165 Å². The van der Waals surface area contributed by atoms with Gasteiger partial charge in [-0.05, 0) is 61.5 Å². The van der Waals surface area contributed by atoms with Gasteiger partial charge in [-0.15, -0.1) is 0 Å². The molecule has 0 spiro atoms. The fourth-order valence-corrected chi connectivity index (χ4v) is 3.38. The topological polar surface area (TPSA) is 56.7 Å². The molecule has 6 heteroatoms.